The van der Waals surface area contributed by atoms with Gasteiger partial charge in [0.25, 0.3) is 0 Å². The van der Waals surface area contributed by atoms with E-state index < -0.39 is 5.97 Å². The molecule has 1 N–H and O–H groups in total. The maximum atomic E-state index is 10.7. The molecule has 1 unspecified atom stereocenters. The van der Waals surface area contributed by atoms with Crippen LogP contribution in [0, 0.1) is 12.8 Å². The number of aromatic nitrogens is 1. The van der Waals surface area contributed by atoms with Crippen molar-refractivity contribution < 1.29 is 14.4 Å². The van der Waals surface area contributed by atoms with E-state index in [-0.39, 0.29) is 6.42 Å². The van der Waals surface area contributed by atoms with Crippen molar-refractivity contribution in [1.82, 2.24) is 10.1 Å². The molecule has 1 saturated heterocycles. The molecule has 0 saturated carbocycles. The topological polar surface area (TPSA) is 66.6 Å². The molecule has 1 atom stereocenters. The van der Waals surface area contributed by atoms with Gasteiger partial charge in [-0.15, -0.1) is 0 Å². The fourth-order valence-electron chi connectivity index (χ4n) is 3.33. The van der Waals surface area contributed by atoms with Crippen LogP contribution in [0.4, 0.5) is 0 Å². The minimum absolute atomic E-state index is 0.262. The Balaban J connectivity index is 1.58. The lowest BCUT2D eigenvalue weighted by Gasteiger charge is -2.31. The SMILES string of the molecule is Cc1ccc(-c2cc(CN3CCCC(CCC(=O)O)C3)on2)cc1. The monoisotopic (exact) mass is 328 g/mol. The molecule has 1 aliphatic heterocycles. The third-order valence-corrected chi connectivity index (χ3v) is 4.66. The summed E-state index contributed by atoms with van der Waals surface area (Å²) >= 11 is 0. The Hall–Kier alpha value is -2.14. The van der Waals surface area contributed by atoms with Gasteiger partial charge in [-0.3, -0.25) is 9.69 Å². The number of rotatable bonds is 6. The molecule has 128 valence electrons. The second-order valence-electron chi connectivity index (χ2n) is 6.72. The normalized spacial score (nSPS) is 18.6. The standard InChI is InChI=1S/C19H24N2O3/c1-14-4-7-16(8-5-14)18-11-17(24-20-18)13-21-10-2-3-15(12-21)6-9-19(22)23/h4-5,7-8,11,15H,2-3,6,9-10,12-13H2,1H3,(H,22,23). The van der Waals surface area contributed by atoms with Gasteiger partial charge in [-0.25, -0.2) is 0 Å². The minimum Gasteiger partial charge on any atom is -0.481 e. The number of carboxylic acid groups (broad SMARTS) is 1. The van der Waals surface area contributed by atoms with Crippen molar-refractivity contribution in [2.75, 3.05) is 13.1 Å². The first-order valence-electron chi connectivity index (χ1n) is 8.57. The Morgan fingerprint density at radius 2 is 2.17 bits per heavy atom. The van der Waals surface area contributed by atoms with Crippen molar-refractivity contribution >= 4 is 5.97 Å². The van der Waals surface area contributed by atoms with Gasteiger partial charge in [-0.05, 0) is 38.6 Å². The van der Waals surface area contributed by atoms with Gasteiger partial charge < -0.3 is 9.63 Å². The van der Waals surface area contributed by atoms with Crippen LogP contribution < -0.4 is 0 Å². The zero-order valence-electron chi connectivity index (χ0n) is 14.1. The van der Waals surface area contributed by atoms with Crippen molar-refractivity contribution in [3.05, 3.63) is 41.7 Å². The van der Waals surface area contributed by atoms with E-state index in [0.29, 0.717) is 5.92 Å². The van der Waals surface area contributed by atoms with E-state index >= 15 is 0 Å². The Bertz CT molecular complexity index is 678. The molecule has 0 amide bonds. The highest BCUT2D eigenvalue weighted by atomic mass is 16.5. The van der Waals surface area contributed by atoms with Gasteiger partial charge in [0.05, 0.1) is 6.54 Å². The maximum Gasteiger partial charge on any atom is 0.303 e. The fraction of sp³-hybridized carbons (Fsp3) is 0.474. The highest BCUT2D eigenvalue weighted by Gasteiger charge is 2.21. The third-order valence-electron chi connectivity index (χ3n) is 4.66. The molecule has 5 heteroatoms. The van der Waals surface area contributed by atoms with Crippen LogP contribution >= 0.6 is 0 Å². The highest BCUT2D eigenvalue weighted by Crippen LogP contribution is 2.24. The molecule has 2 aromatic rings. The number of nitrogens with zero attached hydrogens (tertiary/aromatic N) is 2. The van der Waals surface area contributed by atoms with Crippen molar-refractivity contribution in [3.8, 4) is 11.3 Å². The Morgan fingerprint density at radius 3 is 2.92 bits per heavy atom. The summed E-state index contributed by atoms with van der Waals surface area (Å²) < 4.78 is 5.50. The summed E-state index contributed by atoms with van der Waals surface area (Å²) in [6.45, 7) is 4.77. The van der Waals surface area contributed by atoms with Crippen molar-refractivity contribution in [2.45, 2.75) is 39.2 Å². The quantitative estimate of drug-likeness (QED) is 0.875. The maximum absolute atomic E-state index is 10.7. The van der Waals surface area contributed by atoms with Gasteiger partial charge in [0.2, 0.25) is 0 Å². The molecule has 3 rings (SSSR count). The smallest absolute Gasteiger partial charge is 0.303 e. The zero-order chi connectivity index (χ0) is 16.9. The van der Waals surface area contributed by atoms with Crippen LogP contribution in [0.15, 0.2) is 34.9 Å². The number of carbonyl (C=O) groups is 1. The lowest BCUT2D eigenvalue weighted by molar-refractivity contribution is -0.137. The lowest BCUT2D eigenvalue weighted by atomic mass is 9.93. The predicted octanol–water partition coefficient (Wildman–Crippen LogP) is 3.73. The molecule has 24 heavy (non-hydrogen) atoms. The number of aryl methyl sites for hydroxylation is 1. The first kappa shape index (κ1) is 16.7. The van der Waals surface area contributed by atoms with Gasteiger partial charge in [0, 0.05) is 24.6 Å². The zero-order valence-corrected chi connectivity index (χ0v) is 14.1. The van der Waals surface area contributed by atoms with Gasteiger partial charge in [0.1, 0.15) is 5.69 Å². The summed E-state index contributed by atoms with van der Waals surface area (Å²) in [6.07, 6.45) is 3.26. The van der Waals surface area contributed by atoms with E-state index in [2.05, 4.69) is 41.2 Å². The number of likely N-dealkylation sites (tertiary alicyclic amines) is 1. The number of benzene rings is 1. The van der Waals surface area contributed by atoms with E-state index in [4.69, 9.17) is 9.63 Å². The molecule has 1 aliphatic rings. The van der Waals surface area contributed by atoms with E-state index in [1.807, 2.05) is 6.07 Å². The second-order valence-corrected chi connectivity index (χ2v) is 6.72. The summed E-state index contributed by atoms with van der Waals surface area (Å²) in [5, 5.41) is 13.0. The van der Waals surface area contributed by atoms with E-state index in [1.165, 1.54) is 5.56 Å². The van der Waals surface area contributed by atoms with Crippen LogP contribution in [0.5, 0.6) is 0 Å². The molecule has 2 heterocycles. The van der Waals surface area contributed by atoms with Crippen molar-refractivity contribution in [1.29, 1.82) is 0 Å². The number of hydrogen-bond acceptors (Lipinski definition) is 4. The summed E-state index contributed by atoms with van der Waals surface area (Å²) in [6, 6.07) is 10.3. The Labute approximate surface area is 142 Å². The second kappa shape index (κ2) is 7.62. The van der Waals surface area contributed by atoms with E-state index in [1.54, 1.807) is 0 Å². The number of carboxylic acids is 1. The Kier molecular flexibility index (Phi) is 5.30. The fourth-order valence-corrected chi connectivity index (χ4v) is 3.33. The van der Waals surface area contributed by atoms with Crippen LogP contribution in [0.25, 0.3) is 11.3 Å². The van der Waals surface area contributed by atoms with Crippen LogP contribution in [0.3, 0.4) is 0 Å². The number of aliphatic carboxylic acids is 1. The predicted molar refractivity (Wildman–Crippen MR) is 91.5 cm³/mol. The van der Waals surface area contributed by atoms with Gasteiger partial charge in [0.15, 0.2) is 5.76 Å². The van der Waals surface area contributed by atoms with Gasteiger partial charge >= 0.3 is 5.97 Å². The number of hydrogen-bond donors (Lipinski definition) is 1. The van der Waals surface area contributed by atoms with Gasteiger partial charge in [-0.1, -0.05) is 35.0 Å². The first-order valence-corrected chi connectivity index (χ1v) is 8.57. The summed E-state index contributed by atoms with van der Waals surface area (Å²) in [5.41, 5.74) is 3.15. The number of piperidine rings is 1. The van der Waals surface area contributed by atoms with Crippen LogP contribution in [0.1, 0.15) is 37.0 Å². The molecule has 1 fully saturated rings. The molecular formula is C19H24N2O3. The van der Waals surface area contributed by atoms with E-state index in [0.717, 1.165) is 55.9 Å². The molecule has 0 radical (unpaired) electrons. The largest absolute Gasteiger partial charge is 0.481 e. The summed E-state index contributed by atoms with van der Waals surface area (Å²) in [7, 11) is 0. The molecule has 0 spiro atoms. The molecule has 0 aliphatic carbocycles. The third kappa shape index (κ3) is 4.45. The summed E-state index contributed by atoms with van der Waals surface area (Å²) in [4.78, 5) is 13.1. The molecule has 0 bridgehead atoms. The Morgan fingerprint density at radius 1 is 1.38 bits per heavy atom. The molecule has 1 aromatic heterocycles. The van der Waals surface area contributed by atoms with Crippen molar-refractivity contribution in [3.63, 3.8) is 0 Å². The molecule has 1 aromatic carbocycles. The van der Waals surface area contributed by atoms with Gasteiger partial charge in [-0.2, -0.15) is 0 Å². The lowest BCUT2D eigenvalue weighted by Crippen LogP contribution is -2.35. The van der Waals surface area contributed by atoms with Crippen molar-refractivity contribution in [2.24, 2.45) is 5.92 Å². The first-order chi connectivity index (χ1) is 11.6. The minimum atomic E-state index is -0.704. The van der Waals surface area contributed by atoms with Crippen LogP contribution in [0.2, 0.25) is 0 Å². The molecule has 5 nitrogen and oxygen atoms in total. The highest BCUT2D eigenvalue weighted by molar-refractivity contribution is 5.66. The van der Waals surface area contributed by atoms with E-state index in [9.17, 15) is 4.79 Å². The summed E-state index contributed by atoms with van der Waals surface area (Å²) in [5.74, 6) is 0.629. The molecular weight excluding hydrogens is 304 g/mol. The average molecular weight is 328 g/mol. The van der Waals surface area contributed by atoms with Crippen LogP contribution in [-0.2, 0) is 11.3 Å². The average Bonchev–Trinajstić information content (AvgIpc) is 3.02. The van der Waals surface area contributed by atoms with Crippen LogP contribution in [-0.4, -0.2) is 34.2 Å².